The largest absolute Gasteiger partial charge is 0.456 e. The molecule has 1 N–H and O–H groups in total. The Morgan fingerprint density at radius 2 is 1.12 bits per heavy atom. The molecule has 26 heavy (non-hydrogen) atoms. The summed E-state index contributed by atoms with van der Waals surface area (Å²) in [6.45, 7) is 0. The molecule has 3 nitrogen and oxygen atoms in total. The average molecular weight is 340 g/mol. The molecule has 0 bridgehead atoms. The molecule has 0 saturated carbocycles. The Hall–Kier alpha value is -3.59. The fourth-order valence-corrected chi connectivity index (χ4v) is 2.39. The highest BCUT2D eigenvalue weighted by molar-refractivity contribution is 6.04. The molecule has 0 saturated heterocycles. The van der Waals surface area contributed by atoms with Crippen LogP contribution < -0.4 is 5.32 Å². The summed E-state index contributed by atoms with van der Waals surface area (Å²) in [6, 6.07) is 21.9. The number of pyridine rings is 1. The van der Waals surface area contributed by atoms with E-state index in [1.54, 1.807) is 12.4 Å². The Kier molecular flexibility index (Phi) is 6.39. The van der Waals surface area contributed by atoms with E-state index in [1.807, 2.05) is 91.3 Å². The molecule has 5 rings (SSSR count). The number of nitrogens with one attached hydrogen (secondary N) is 1. The molecule has 1 aliphatic rings. The van der Waals surface area contributed by atoms with Crippen molar-refractivity contribution in [2.45, 2.75) is 0 Å². The molecular weight excluding hydrogens is 320 g/mol. The van der Waals surface area contributed by atoms with Crippen LogP contribution in [0, 0.1) is 0 Å². The first-order valence-corrected chi connectivity index (χ1v) is 8.41. The average Bonchev–Trinajstić information content (AvgIpc) is 2.87. The van der Waals surface area contributed by atoms with Crippen molar-refractivity contribution in [3.63, 3.8) is 0 Å². The number of hydrogen-bond acceptors (Lipinski definition) is 3. The zero-order chi connectivity index (χ0) is 17.9. The Morgan fingerprint density at radius 1 is 0.577 bits per heavy atom. The van der Waals surface area contributed by atoms with Gasteiger partial charge in [-0.25, -0.2) is 0 Å². The number of hydrogen-bond donors (Lipinski definition) is 1. The summed E-state index contributed by atoms with van der Waals surface area (Å²) in [7, 11) is 0. The van der Waals surface area contributed by atoms with Crippen LogP contribution in [0.2, 0.25) is 0 Å². The first-order valence-electron chi connectivity index (χ1n) is 8.41. The lowest BCUT2D eigenvalue weighted by molar-refractivity contribution is 0.669. The van der Waals surface area contributed by atoms with E-state index in [0.29, 0.717) is 0 Å². The summed E-state index contributed by atoms with van der Waals surface area (Å²) in [5, 5.41) is 5.31. The quantitative estimate of drug-likeness (QED) is 0.437. The van der Waals surface area contributed by atoms with Gasteiger partial charge in [-0.15, -0.1) is 0 Å². The number of allylic oxidation sites excluding steroid dienone is 4. The summed E-state index contributed by atoms with van der Waals surface area (Å²) >= 11 is 0. The lowest BCUT2D eigenvalue weighted by atomic mass is 10.2. The van der Waals surface area contributed by atoms with Gasteiger partial charge < -0.3 is 9.73 Å². The van der Waals surface area contributed by atoms with Gasteiger partial charge in [-0.2, -0.15) is 0 Å². The molecule has 3 heteroatoms. The summed E-state index contributed by atoms with van der Waals surface area (Å²) in [5.41, 5.74) is 1.92. The van der Waals surface area contributed by atoms with Gasteiger partial charge in [-0.05, 0) is 36.4 Å². The van der Waals surface area contributed by atoms with Crippen LogP contribution in [0.1, 0.15) is 0 Å². The van der Waals surface area contributed by atoms with Gasteiger partial charge in [-0.1, -0.05) is 54.6 Å². The monoisotopic (exact) mass is 340 g/mol. The van der Waals surface area contributed by atoms with E-state index in [1.165, 1.54) is 10.8 Å². The maximum absolute atomic E-state index is 5.65. The minimum absolute atomic E-state index is 0.962. The molecule has 4 aromatic rings. The number of fused-ring (bicyclic) bond motifs is 3. The lowest BCUT2D eigenvalue weighted by Crippen LogP contribution is -1.87. The topological polar surface area (TPSA) is 38.1 Å². The highest BCUT2D eigenvalue weighted by Crippen LogP contribution is 2.27. The Bertz CT molecular complexity index is 923. The summed E-state index contributed by atoms with van der Waals surface area (Å²) in [6.07, 6.45) is 15.1. The maximum atomic E-state index is 5.65. The Balaban J connectivity index is 0.000000128. The predicted molar refractivity (Wildman–Crippen MR) is 109 cm³/mol. The fraction of sp³-hybridized carbons (Fsp3) is 0. The van der Waals surface area contributed by atoms with Crippen LogP contribution in [0.3, 0.4) is 0 Å². The summed E-state index contributed by atoms with van der Waals surface area (Å²) < 4.78 is 5.65. The van der Waals surface area contributed by atoms with E-state index in [4.69, 9.17) is 4.42 Å². The van der Waals surface area contributed by atoms with Gasteiger partial charge in [-0.3, -0.25) is 4.98 Å². The third-order valence-corrected chi connectivity index (χ3v) is 3.57. The van der Waals surface area contributed by atoms with Crippen molar-refractivity contribution in [3.8, 4) is 0 Å². The molecule has 128 valence electrons. The van der Waals surface area contributed by atoms with Crippen molar-refractivity contribution >= 4 is 21.9 Å². The third-order valence-electron chi connectivity index (χ3n) is 3.57. The van der Waals surface area contributed by atoms with Gasteiger partial charge >= 0.3 is 0 Å². The van der Waals surface area contributed by atoms with E-state index in [-0.39, 0.29) is 0 Å². The normalized spacial score (nSPS) is 11.7. The maximum Gasteiger partial charge on any atom is 0.135 e. The molecule has 0 fully saturated rings. The molecule has 0 radical (unpaired) electrons. The Labute approximate surface area is 153 Å². The van der Waals surface area contributed by atoms with Crippen molar-refractivity contribution in [2.75, 3.05) is 0 Å². The smallest absolute Gasteiger partial charge is 0.135 e. The molecule has 3 heterocycles. The molecule has 0 aliphatic carbocycles. The van der Waals surface area contributed by atoms with Crippen molar-refractivity contribution in [2.24, 2.45) is 0 Å². The van der Waals surface area contributed by atoms with Crippen molar-refractivity contribution in [1.29, 1.82) is 0 Å². The van der Waals surface area contributed by atoms with Crippen molar-refractivity contribution in [3.05, 3.63) is 116 Å². The minimum Gasteiger partial charge on any atom is -0.456 e. The highest BCUT2D eigenvalue weighted by atomic mass is 16.3. The molecule has 0 atom stereocenters. The van der Waals surface area contributed by atoms with Crippen LogP contribution in [-0.2, 0) is 0 Å². The molecule has 1 aliphatic heterocycles. The van der Waals surface area contributed by atoms with E-state index < -0.39 is 0 Å². The van der Waals surface area contributed by atoms with Crippen LogP contribution in [0.4, 0.5) is 0 Å². The fourth-order valence-electron chi connectivity index (χ4n) is 2.39. The minimum atomic E-state index is 0.962. The number of furan rings is 1. The van der Waals surface area contributed by atoms with Crippen LogP contribution in [0.5, 0.6) is 0 Å². The van der Waals surface area contributed by atoms with Gasteiger partial charge in [0.25, 0.3) is 0 Å². The van der Waals surface area contributed by atoms with Crippen molar-refractivity contribution in [1.82, 2.24) is 10.3 Å². The molecular formula is C23H20N2O. The number of nitrogens with zero attached hydrogens (tertiary/aromatic N) is 1. The second-order valence-corrected chi connectivity index (χ2v) is 5.39. The van der Waals surface area contributed by atoms with E-state index in [2.05, 4.69) is 22.4 Å². The van der Waals surface area contributed by atoms with Gasteiger partial charge in [0.15, 0.2) is 0 Å². The molecule has 2 aromatic carbocycles. The molecule has 0 amide bonds. The lowest BCUT2D eigenvalue weighted by Gasteiger charge is -1.85. The number of rotatable bonds is 0. The van der Waals surface area contributed by atoms with Crippen LogP contribution in [0.25, 0.3) is 21.9 Å². The van der Waals surface area contributed by atoms with Crippen LogP contribution in [-0.4, -0.2) is 4.98 Å². The third kappa shape index (κ3) is 4.95. The number of aromatic nitrogens is 1. The predicted octanol–water partition coefficient (Wildman–Crippen LogP) is 5.84. The zero-order valence-electron chi connectivity index (χ0n) is 14.3. The number of para-hydroxylation sites is 2. The van der Waals surface area contributed by atoms with Crippen LogP contribution >= 0.6 is 0 Å². The van der Waals surface area contributed by atoms with Crippen LogP contribution in [0.15, 0.2) is 120 Å². The highest BCUT2D eigenvalue weighted by Gasteiger charge is 2.03. The van der Waals surface area contributed by atoms with E-state index in [0.717, 1.165) is 11.2 Å². The van der Waals surface area contributed by atoms with Gasteiger partial charge in [0.05, 0.1) is 0 Å². The number of benzene rings is 2. The van der Waals surface area contributed by atoms with Gasteiger partial charge in [0.1, 0.15) is 11.2 Å². The second kappa shape index (κ2) is 9.64. The van der Waals surface area contributed by atoms with Gasteiger partial charge in [0.2, 0.25) is 0 Å². The first-order chi connectivity index (χ1) is 12.9. The van der Waals surface area contributed by atoms with E-state index in [9.17, 15) is 0 Å². The Morgan fingerprint density at radius 3 is 1.58 bits per heavy atom. The standard InChI is InChI=1S/C12H8O.C6H7N.C5H5N/c1-3-7-11-9(5-1)10-6-2-4-8-12(10)13-11;1-2-4-6-7-5-3-1;1-2-4-6-5-3-1/h1-8H;1-7H;1-5H. The summed E-state index contributed by atoms with van der Waals surface area (Å²) in [4.78, 5) is 3.78. The first kappa shape index (κ1) is 17.2. The molecule has 2 aromatic heterocycles. The SMILES string of the molecule is C1=CC=CNC=C1.c1ccc2c(c1)oc1ccccc12.c1ccncc1. The van der Waals surface area contributed by atoms with Gasteiger partial charge in [0, 0.05) is 35.6 Å². The molecule has 0 spiro atoms. The van der Waals surface area contributed by atoms with Crippen molar-refractivity contribution < 1.29 is 4.42 Å². The second-order valence-electron chi connectivity index (χ2n) is 5.39. The van der Waals surface area contributed by atoms with E-state index >= 15 is 0 Å². The molecule has 0 unspecified atom stereocenters. The zero-order valence-corrected chi connectivity index (χ0v) is 14.3. The summed E-state index contributed by atoms with van der Waals surface area (Å²) in [5.74, 6) is 0.